The summed E-state index contributed by atoms with van der Waals surface area (Å²) in [5.41, 5.74) is 1.55. The molecule has 0 aliphatic heterocycles. The molecule has 3 N–H and O–H groups in total. The predicted molar refractivity (Wildman–Crippen MR) is 81.3 cm³/mol. The molecular weight excluding hydrogens is 258 g/mol. The summed E-state index contributed by atoms with van der Waals surface area (Å²) < 4.78 is 0. The standard InChI is InChI=1S/C14H23N3O3/c1-3-6-15-12-8-13(10-14(9-12)17(19)20)16-7-4-5-11(2)18/h8-11,15-16,18H,3-7H2,1-2H3. The van der Waals surface area contributed by atoms with Crippen LogP contribution in [0.3, 0.4) is 0 Å². The maximum absolute atomic E-state index is 10.9. The van der Waals surface area contributed by atoms with Crippen molar-refractivity contribution in [3.8, 4) is 0 Å². The molecule has 20 heavy (non-hydrogen) atoms. The first kappa shape index (κ1) is 16.2. The van der Waals surface area contributed by atoms with Crippen LogP contribution in [-0.2, 0) is 0 Å². The average Bonchev–Trinajstić information content (AvgIpc) is 2.41. The van der Waals surface area contributed by atoms with E-state index >= 15 is 0 Å². The van der Waals surface area contributed by atoms with Crippen LogP contribution >= 0.6 is 0 Å². The zero-order valence-electron chi connectivity index (χ0n) is 12.1. The maximum atomic E-state index is 10.9. The van der Waals surface area contributed by atoms with E-state index in [1.54, 1.807) is 6.92 Å². The van der Waals surface area contributed by atoms with Crippen LogP contribution in [0.4, 0.5) is 17.1 Å². The molecule has 0 spiro atoms. The van der Waals surface area contributed by atoms with Crippen LogP contribution in [0.1, 0.15) is 33.1 Å². The Morgan fingerprint density at radius 3 is 2.35 bits per heavy atom. The van der Waals surface area contributed by atoms with Gasteiger partial charge in [0.25, 0.3) is 5.69 Å². The summed E-state index contributed by atoms with van der Waals surface area (Å²) in [6.45, 7) is 5.25. The second kappa shape index (κ2) is 8.37. The molecule has 0 bridgehead atoms. The number of nitro benzene ring substituents is 1. The average molecular weight is 281 g/mol. The van der Waals surface area contributed by atoms with Crippen LogP contribution in [0.25, 0.3) is 0 Å². The fourth-order valence-corrected chi connectivity index (χ4v) is 1.82. The van der Waals surface area contributed by atoms with Crippen molar-refractivity contribution in [3.63, 3.8) is 0 Å². The summed E-state index contributed by atoms with van der Waals surface area (Å²) in [7, 11) is 0. The number of aliphatic hydroxyl groups excluding tert-OH is 1. The minimum atomic E-state index is -0.391. The second-order valence-electron chi connectivity index (χ2n) is 4.87. The molecule has 0 fully saturated rings. The van der Waals surface area contributed by atoms with Crippen LogP contribution in [0.15, 0.2) is 18.2 Å². The SMILES string of the molecule is CCCNc1cc(NCCCC(C)O)cc([N+](=O)[O-])c1. The van der Waals surface area contributed by atoms with Crippen LogP contribution < -0.4 is 10.6 Å². The van der Waals surface area contributed by atoms with E-state index in [4.69, 9.17) is 0 Å². The van der Waals surface area contributed by atoms with Crippen molar-refractivity contribution in [1.82, 2.24) is 0 Å². The van der Waals surface area contributed by atoms with E-state index in [2.05, 4.69) is 10.6 Å². The van der Waals surface area contributed by atoms with Gasteiger partial charge in [-0.1, -0.05) is 6.92 Å². The highest BCUT2D eigenvalue weighted by atomic mass is 16.6. The minimum Gasteiger partial charge on any atom is -0.393 e. The normalized spacial score (nSPS) is 11.9. The van der Waals surface area contributed by atoms with E-state index in [-0.39, 0.29) is 11.8 Å². The summed E-state index contributed by atoms with van der Waals surface area (Å²) >= 11 is 0. The first-order chi connectivity index (χ1) is 9.52. The van der Waals surface area contributed by atoms with Crippen molar-refractivity contribution in [2.75, 3.05) is 23.7 Å². The van der Waals surface area contributed by atoms with E-state index in [0.717, 1.165) is 30.8 Å². The number of aliphatic hydroxyl groups is 1. The van der Waals surface area contributed by atoms with Gasteiger partial charge in [-0.25, -0.2) is 0 Å². The predicted octanol–water partition coefficient (Wildman–Crippen LogP) is 2.99. The minimum absolute atomic E-state index is 0.0733. The van der Waals surface area contributed by atoms with Crippen molar-refractivity contribution in [2.24, 2.45) is 0 Å². The number of nitro groups is 1. The fourth-order valence-electron chi connectivity index (χ4n) is 1.82. The monoisotopic (exact) mass is 281 g/mol. The number of benzene rings is 1. The van der Waals surface area contributed by atoms with Crippen molar-refractivity contribution in [2.45, 2.75) is 39.2 Å². The first-order valence-electron chi connectivity index (χ1n) is 6.98. The third-order valence-corrected chi connectivity index (χ3v) is 2.84. The number of nitrogens with one attached hydrogen (secondary N) is 2. The lowest BCUT2D eigenvalue weighted by molar-refractivity contribution is -0.384. The molecule has 6 heteroatoms. The third-order valence-electron chi connectivity index (χ3n) is 2.84. The summed E-state index contributed by atoms with van der Waals surface area (Å²) in [6, 6.07) is 4.93. The quantitative estimate of drug-likeness (QED) is 0.368. The highest BCUT2D eigenvalue weighted by Gasteiger charge is 2.09. The largest absolute Gasteiger partial charge is 0.393 e. The smallest absolute Gasteiger partial charge is 0.273 e. The van der Waals surface area contributed by atoms with E-state index < -0.39 is 4.92 Å². The van der Waals surface area contributed by atoms with Crippen LogP contribution in [0.5, 0.6) is 0 Å². The van der Waals surface area contributed by atoms with Gasteiger partial charge in [-0.15, -0.1) is 0 Å². The Bertz CT molecular complexity index is 436. The lowest BCUT2D eigenvalue weighted by Crippen LogP contribution is -2.07. The molecule has 1 aromatic carbocycles. The summed E-state index contributed by atoms with van der Waals surface area (Å²) in [6.07, 6.45) is 2.17. The van der Waals surface area contributed by atoms with Crippen LogP contribution in [0, 0.1) is 10.1 Å². The molecule has 0 saturated carbocycles. The van der Waals surface area contributed by atoms with Gasteiger partial charge in [0.1, 0.15) is 0 Å². The molecular formula is C14H23N3O3. The first-order valence-corrected chi connectivity index (χ1v) is 6.98. The van der Waals surface area contributed by atoms with Crippen molar-refractivity contribution >= 4 is 17.1 Å². The molecule has 1 unspecified atom stereocenters. The lowest BCUT2D eigenvalue weighted by atomic mass is 10.2. The summed E-state index contributed by atoms with van der Waals surface area (Å²) in [5, 5.41) is 26.4. The van der Waals surface area contributed by atoms with E-state index in [9.17, 15) is 15.2 Å². The Hall–Kier alpha value is -1.82. The van der Waals surface area contributed by atoms with Crippen molar-refractivity contribution in [3.05, 3.63) is 28.3 Å². The molecule has 1 aromatic rings. The van der Waals surface area contributed by atoms with Gasteiger partial charge >= 0.3 is 0 Å². The zero-order chi connectivity index (χ0) is 15.0. The molecule has 0 aliphatic rings. The van der Waals surface area contributed by atoms with Crippen molar-refractivity contribution in [1.29, 1.82) is 0 Å². The number of nitrogens with zero attached hydrogens (tertiary/aromatic N) is 1. The van der Waals surface area contributed by atoms with Gasteiger partial charge in [0.05, 0.1) is 11.0 Å². The second-order valence-corrected chi connectivity index (χ2v) is 4.87. The Balaban J connectivity index is 2.67. The number of rotatable bonds is 9. The molecule has 0 radical (unpaired) electrons. The number of hydrogen-bond donors (Lipinski definition) is 3. The Morgan fingerprint density at radius 2 is 1.85 bits per heavy atom. The summed E-state index contributed by atoms with van der Waals surface area (Å²) in [5.74, 6) is 0. The van der Waals surface area contributed by atoms with Gasteiger partial charge in [-0.2, -0.15) is 0 Å². The Labute approximate surface area is 119 Å². The highest BCUT2D eigenvalue weighted by Crippen LogP contribution is 2.24. The Morgan fingerprint density at radius 1 is 1.25 bits per heavy atom. The molecule has 0 aromatic heterocycles. The van der Waals surface area contributed by atoms with Gasteiger partial charge in [-0.3, -0.25) is 10.1 Å². The van der Waals surface area contributed by atoms with Crippen molar-refractivity contribution < 1.29 is 10.0 Å². The molecule has 0 aliphatic carbocycles. The topological polar surface area (TPSA) is 87.4 Å². The Kier molecular flexibility index (Phi) is 6.79. The molecule has 1 rings (SSSR count). The lowest BCUT2D eigenvalue weighted by Gasteiger charge is -2.10. The zero-order valence-corrected chi connectivity index (χ0v) is 12.1. The van der Waals surface area contributed by atoms with E-state index in [0.29, 0.717) is 13.0 Å². The summed E-state index contributed by atoms with van der Waals surface area (Å²) in [4.78, 5) is 10.5. The molecule has 0 heterocycles. The number of anilines is 2. The molecule has 112 valence electrons. The maximum Gasteiger partial charge on any atom is 0.273 e. The van der Waals surface area contributed by atoms with Crippen LogP contribution in [-0.4, -0.2) is 29.2 Å². The number of non-ortho nitro benzene ring substituents is 1. The van der Waals surface area contributed by atoms with Gasteiger partial charge < -0.3 is 15.7 Å². The van der Waals surface area contributed by atoms with Gasteiger partial charge in [-0.05, 0) is 32.3 Å². The van der Waals surface area contributed by atoms with Gasteiger partial charge in [0.15, 0.2) is 0 Å². The highest BCUT2D eigenvalue weighted by molar-refractivity contribution is 5.63. The molecule has 0 saturated heterocycles. The van der Waals surface area contributed by atoms with E-state index in [1.807, 2.05) is 13.0 Å². The van der Waals surface area contributed by atoms with Crippen LogP contribution in [0.2, 0.25) is 0 Å². The van der Waals surface area contributed by atoms with Gasteiger partial charge in [0.2, 0.25) is 0 Å². The molecule has 1 atom stereocenters. The molecule has 0 amide bonds. The van der Waals surface area contributed by atoms with Gasteiger partial charge in [0, 0.05) is 36.6 Å². The number of hydrogen-bond acceptors (Lipinski definition) is 5. The van der Waals surface area contributed by atoms with E-state index in [1.165, 1.54) is 12.1 Å². The molecule has 6 nitrogen and oxygen atoms in total. The third kappa shape index (κ3) is 5.88. The fraction of sp³-hybridized carbons (Fsp3) is 0.571.